The number of benzene rings is 3. The minimum Gasteiger partial charge on any atom is -0.393 e. The van der Waals surface area contributed by atoms with Gasteiger partial charge in [-0.1, -0.05) is 0 Å². The van der Waals surface area contributed by atoms with Crippen LogP contribution in [0.1, 0.15) is 28.9 Å². The van der Waals surface area contributed by atoms with Gasteiger partial charge in [0.2, 0.25) is 0 Å². The van der Waals surface area contributed by atoms with Crippen molar-refractivity contribution < 1.29 is 9.90 Å². The number of nitrogens with one attached hydrogen (secondary N) is 3. The fraction of sp³-hybridized carbons (Fsp3) is 0.207. The highest BCUT2D eigenvalue weighted by Gasteiger charge is 2.17. The van der Waals surface area contributed by atoms with Gasteiger partial charge in [0.1, 0.15) is 11.8 Å². The van der Waals surface area contributed by atoms with Gasteiger partial charge in [-0.05, 0) is 85.6 Å². The number of hydrogen-bond acceptors (Lipinski definition) is 7. The zero-order valence-electron chi connectivity index (χ0n) is 21.1. The summed E-state index contributed by atoms with van der Waals surface area (Å²) in [5, 5.41) is 33.0. The molecule has 0 atom stereocenters. The van der Waals surface area contributed by atoms with E-state index in [1.165, 1.54) is 4.68 Å². The number of aryl methyl sites for hydroxylation is 1. The van der Waals surface area contributed by atoms with Crippen molar-refractivity contribution in [1.82, 2.24) is 9.78 Å². The minimum absolute atomic E-state index is 0.191. The van der Waals surface area contributed by atoms with Gasteiger partial charge in [0.05, 0.1) is 17.4 Å². The second kappa shape index (κ2) is 11.1. The second-order valence-corrected chi connectivity index (χ2v) is 9.26. The average molecular weight is 508 g/mol. The summed E-state index contributed by atoms with van der Waals surface area (Å²) in [6.45, 7) is 1.72. The third kappa shape index (κ3) is 5.77. The maximum Gasteiger partial charge on any atom is 0.273 e. The zero-order valence-corrected chi connectivity index (χ0v) is 21.1. The van der Waals surface area contributed by atoms with Gasteiger partial charge in [-0.25, -0.2) is 0 Å². The monoisotopic (exact) mass is 507 g/mol. The van der Waals surface area contributed by atoms with Gasteiger partial charge in [0.25, 0.3) is 5.91 Å². The molecule has 1 aliphatic rings. The average Bonchev–Trinajstić information content (AvgIpc) is 3.37. The van der Waals surface area contributed by atoms with Crippen LogP contribution < -0.4 is 20.9 Å². The van der Waals surface area contributed by atoms with Crippen LogP contribution in [0.2, 0.25) is 0 Å². The number of aliphatic hydroxyl groups excluding tert-OH is 1. The summed E-state index contributed by atoms with van der Waals surface area (Å²) in [4.78, 5) is 14.7. The van der Waals surface area contributed by atoms with E-state index < -0.39 is 0 Å². The van der Waals surface area contributed by atoms with E-state index in [-0.39, 0.29) is 12.0 Å². The third-order valence-corrected chi connectivity index (χ3v) is 6.60. The van der Waals surface area contributed by atoms with Crippen molar-refractivity contribution in [3.63, 3.8) is 0 Å². The number of anilines is 6. The first-order valence-electron chi connectivity index (χ1n) is 12.5. The molecule has 0 saturated carbocycles. The Hall–Kier alpha value is -4.81. The number of nitriles is 1. The summed E-state index contributed by atoms with van der Waals surface area (Å²) in [6.07, 6.45) is 2.98. The summed E-state index contributed by atoms with van der Waals surface area (Å²) in [6, 6.07) is 25.0. The van der Waals surface area contributed by atoms with Crippen molar-refractivity contribution in [3.05, 3.63) is 90.3 Å². The van der Waals surface area contributed by atoms with Crippen molar-refractivity contribution >= 4 is 40.0 Å². The Bertz CT molecular complexity index is 1450. The number of carbonyl (C=O) groups is 1. The summed E-state index contributed by atoms with van der Waals surface area (Å²) < 4.78 is 1.52. The van der Waals surface area contributed by atoms with E-state index in [1.807, 2.05) is 42.5 Å². The molecule has 0 aliphatic carbocycles. The van der Waals surface area contributed by atoms with Crippen molar-refractivity contribution in [2.24, 2.45) is 7.05 Å². The first-order valence-corrected chi connectivity index (χ1v) is 12.5. The van der Waals surface area contributed by atoms with Crippen molar-refractivity contribution in [2.45, 2.75) is 18.9 Å². The van der Waals surface area contributed by atoms with Crippen LogP contribution in [-0.2, 0) is 7.05 Å². The Morgan fingerprint density at radius 3 is 2.21 bits per heavy atom. The van der Waals surface area contributed by atoms with Crippen LogP contribution in [0.25, 0.3) is 0 Å². The van der Waals surface area contributed by atoms with E-state index in [9.17, 15) is 15.2 Å². The number of nitrogens with zero attached hydrogens (tertiary/aromatic N) is 4. The zero-order chi connectivity index (χ0) is 26.5. The number of piperidine rings is 1. The molecular weight excluding hydrogens is 478 g/mol. The number of amides is 1. The maximum atomic E-state index is 12.4. The van der Waals surface area contributed by atoms with E-state index in [2.05, 4.69) is 44.2 Å². The molecule has 0 bridgehead atoms. The third-order valence-electron chi connectivity index (χ3n) is 6.60. The molecule has 0 spiro atoms. The Morgan fingerprint density at radius 1 is 0.921 bits per heavy atom. The summed E-state index contributed by atoms with van der Waals surface area (Å²) in [5.41, 5.74) is 6.00. The molecule has 2 heterocycles. The Balaban J connectivity index is 1.21. The lowest BCUT2D eigenvalue weighted by atomic mass is 10.1. The van der Waals surface area contributed by atoms with Crippen LogP contribution in [0.5, 0.6) is 0 Å². The number of rotatable bonds is 7. The molecule has 4 N–H and O–H groups in total. The van der Waals surface area contributed by atoms with E-state index >= 15 is 0 Å². The van der Waals surface area contributed by atoms with Crippen molar-refractivity contribution in [2.75, 3.05) is 33.9 Å². The lowest BCUT2D eigenvalue weighted by molar-refractivity contribution is 0.101. The van der Waals surface area contributed by atoms with Crippen LogP contribution >= 0.6 is 0 Å². The Kier molecular flexibility index (Phi) is 7.24. The molecule has 1 amide bonds. The van der Waals surface area contributed by atoms with Gasteiger partial charge >= 0.3 is 0 Å². The van der Waals surface area contributed by atoms with Crippen molar-refractivity contribution in [3.8, 4) is 6.07 Å². The highest BCUT2D eigenvalue weighted by Crippen LogP contribution is 2.28. The number of aliphatic hydroxyl groups is 1. The van der Waals surface area contributed by atoms with E-state index in [4.69, 9.17) is 0 Å². The second-order valence-electron chi connectivity index (χ2n) is 9.26. The molecule has 38 heavy (non-hydrogen) atoms. The SMILES string of the molecule is Cn1nccc1C(=O)Nc1ccc(Nc2ccc(Nc3ccc(N4CCC(O)CC4)cc3)cc2C#N)cc1. The first-order chi connectivity index (χ1) is 18.5. The van der Waals surface area contributed by atoms with Crippen LogP contribution in [0, 0.1) is 11.3 Å². The standard InChI is InChI=1S/C29H29N7O2/c1-35-28(12-15-31-35)29(38)34-23-4-2-22(3-5-23)33-27-11-8-24(18-20(27)19-30)32-21-6-9-25(10-7-21)36-16-13-26(37)14-17-36/h2-12,15,18,26,32-33,37H,13-14,16-17H2,1H3,(H,34,38). The summed E-state index contributed by atoms with van der Waals surface area (Å²) >= 11 is 0. The van der Waals surface area contributed by atoms with Gasteiger partial charge in [-0.15, -0.1) is 0 Å². The molecule has 0 unspecified atom stereocenters. The molecule has 4 aromatic rings. The maximum absolute atomic E-state index is 12.4. The summed E-state index contributed by atoms with van der Waals surface area (Å²) in [7, 11) is 1.72. The quantitative estimate of drug-likeness (QED) is 0.278. The van der Waals surface area contributed by atoms with Crippen molar-refractivity contribution in [1.29, 1.82) is 5.26 Å². The van der Waals surface area contributed by atoms with Crippen LogP contribution in [0.4, 0.5) is 34.1 Å². The highest BCUT2D eigenvalue weighted by atomic mass is 16.3. The Morgan fingerprint density at radius 2 is 1.55 bits per heavy atom. The fourth-order valence-electron chi connectivity index (χ4n) is 4.45. The molecule has 1 aromatic heterocycles. The fourth-order valence-corrected chi connectivity index (χ4v) is 4.45. The summed E-state index contributed by atoms with van der Waals surface area (Å²) in [5.74, 6) is -0.235. The number of hydrogen-bond donors (Lipinski definition) is 4. The van der Waals surface area contributed by atoms with Gasteiger partial charge in [-0.2, -0.15) is 10.4 Å². The molecule has 1 fully saturated rings. The molecule has 1 saturated heterocycles. The smallest absolute Gasteiger partial charge is 0.273 e. The normalized spacial score (nSPS) is 13.6. The molecule has 9 heteroatoms. The van der Waals surface area contributed by atoms with Gasteiger partial charge < -0.3 is 26.0 Å². The van der Waals surface area contributed by atoms with Gasteiger partial charge in [-0.3, -0.25) is 9.48 Å². The predicted molar refractivity (Wildman–Crippen MR) is 149 cm³/mol. The molecule has 0 radical (unpaired) electrons. The topological polar surface area (TPSA) is 118 Å². The Labute approximate surface area is 221 Å². The molecule has 3 aromatic carbocycles. The largest absolute Gasteiger partial charge is 0.393 e. The number of aromatic nitrogens is 2. The van der Waals surface area contributed by atoms with Gasteiger partial charge in [0.15, 0.2) is 0 Å². The molecular formula is C29H29N7O2. The predicted octanol–water partition coefficient (Wildman–Crippen LogP) is 4.99. The van der Waals surface area contributed by atoms with Crippen LogP contribution in [0.15, 0.2) is 79.0 Å². The van der Waals surface area contributed by atoms with Crippen LogP contribution in [-0.4, -0.2) is 40.0 Å². The first kappa shape index (κ1) is 24.9. The lowest BCUT2D eigenvalue weighted by Gasteiger charge is -2.31. The molecule has 1 aliphatic heterocycles. The van der Waals surface area contributed by atoms with E-state index in [0.29, 0.717) is 22.6 Å². The minimum atomic E-state index is -0.235. The number of carbonyl (C=O) groups excluding carboxylic acids is 1. The van der Waals surface area contributed by atoms with E-state index in [1.54, 1.807) is 31.4 Å². The molecule has 192 valence electrons. The van der Waals surface area contributed by atoms with E-state index in [0.717, 1.165) is 48.7 Å². The molecule has 5 rings (SSSR count). The van der Waals surface area contributed by atoms with Crippen LogP contribution in [0.3, 0.4) is 0 Å². The highest BCUT2D eigenvalue weighted by molar-refractivity contribution is 6.03. The van der Waals surface area contributed by atoms with Gasteiger partial charge in [0, 0.05) is 54.8 Å². The molecule has 9 nitrogen and oxygen atoms in total. The lowest BCUT2D eigenvalue weighted by Crippen LogP contribution is -2.35.